The smallest absolute Gasteiger partial charge is 0.268 e. The number of nitrogens with one attached hydrogen (secondary N) is 2. The van der Waals surface area contributed by atoms with Crippen molar-refractivity contribution in [2.75, 3.05) is 0 Å². The summed E-state index contributed by atoms with van der Waals surface area (Å²) >= 11 is 5.99. The van der Waals surface area contributed by atoms with Crippen LogP contribution in [0, 0.1) is 6.92 Å². The van der Waals surface area contributed by atoms with Crippen LogP contribution >= 0.6 is 11.6 Å². The second-order valence-corrected chi connectivity index (χ2v) is 5.32. The van der Waals surface area contributed by atoms with Crippen LogP contribution in [0.1, 0.15) is 40.6 Å². The maximum Gasteiger partial charge on any atom is 0.268 e. The highest BCUT2D eigenvalue weighted by Gasteiger charge is 2.27. The van der Waals surface area contributed by atoms with Crippen molar-refractivity contribution < 1.29 is 4.79 Å². The normalized spacial score (nSPS) is 14.6. The van der Waals surface area contributed by atoms with Gasteiger partial charge >= 0.3 is 0 Å². The summed E-state index contributed by atoms with van der Waals surface area (Å²) in [6.45, 7) is 2.40. The quantitative estimate of drug-likeness (QED) is 0.902. The molecule has 0 unspecified atom stereocenters. The van der Waals surface area contributed by atoms with Crippen molar-refractivity contribution in [2.24, 2.45) is 0 Å². The highest BCUT2D eigenvalue weighted by atomic mass is 35.5. The fourth-order valence-electron chi connectivity index (χ4n) is 2.10. The molecule has 2 heterocycles. The molecule has 2 N–H and O–H groups in total. The predicted octanol–water partition coefficient (Wildman–Crippen LogP) is 2.44. The Bertz CT molecular complexity index is 612. The van der Waals surface area contributed by atoms with Gasteiger partial charge in [0.2, 0.25) is 0 Å². The molecule has 3 rings (SSSR count). The summed E-state index contributed by atoms with van der Waals surface area (Å²) in [6.07, 6.45) is 5.79. The van der Waals surface area contributed by atoms with E-state index in [9.17, 15) is 4.79 Å². The third kappa shape index (κ3) is 2.51. The summed E-state index contributed by atoms with van der Waals surface area (Å²) in [4.78, 5) is 12.2. The molecule has 19 heavy (non-hydrogen) atoms. The van der Waals surface area contributed by atoms with Gasteiger partial charge in [-0.25, -0.2) is 0 Å². The van der Waals surface area contributed by atoms with Crippen molar-refractivity contribution in [3.63, 3.8) is 0 Å². The van der Waals surface area contributed by atoms with Gasteiger partial charge in [0.05, 0.1) is 11.2 Å². The Labute approximate surface area is 116 Å². The minimum atomic E-state index is -0.0978. The number of halogens is 1. The van der Waals surface area contributed by atoms with Crippen molar-refractivity contribution in [1.29, 1.82) is 0 Å². The molecule has 1 aliphatic carbocycles. The monoisotopic (exact) mass is 278 g/mol. The van der Waals surface area contributed by atoms with E-state index in [-0.39, 0.29) is 5.91 Å². The lowest BCUT2D eigenvalue weighted by atomic mass is 10.2. The number of H-pyrrole nitrogens is 1. The zero-order valence-corrected chi connectivity index (χ0v) is 11.4. The molecule has 6 heteroatoms. The first-order valence-electron chi connectivity index (χ1n) is 6.29. The van der Waals surface area contributed by atoms with Gasteiger partial charge in [0.1, 0.15) is 5.69 Å². The minimum absolute atomic E-state index is 0.0978. The Balaban J connectivity index is 1.72. The SMILES string of the molecule is Cc1[nH]ncc1CNC(=O)c1cc(Cl)cn1C1CC1. The lowest BCUT2D eigenvalue weighted by Gasteiger charge is -2.08. The van der Waals surface area contributed by atoms with Gasteiger partial charge in [-0.15, -0.1) is 0 Å². The van der Waals surface area contributed by atoms with E-state index in [0.29, 0.717) is 23.3 Å². The fourth-order valence-corrected chi connectivity index (χ4v) is 2.31. The largest absolute Gasteiger partial charge is 0.347 e. The van der Waals surface area contributed by atoms with Gasteiger partial charge in [-0.2, -0.15) is 5.10 Å². The number of aromatic amines is 1. The van der Waals surface area contributed by atoms with E-state index in [1.165, 1.54) is 0 Å². The molecule has 0 aromatic carbocycles. The van der Waals surface area contributed by atoms with Crippen molar-refractivity contribution in [2.45, 2.75) is 32.4 Å². The van der Waals surface area contributed by atoms with E-state index < -0.39 is 0 Å². The summed E-state index contributed by atoms with van der Waals surface area (Å²) in [6, 6.07) is 2.15. The summed E-state index contributed by atoms with van der Waals surface area (Å²) in [5, 5.41) is 10.3. The Morgan fingerprint density at radius 3 is 3.05 bits per heavy atom. The van der Waals surface area contributed by atoms with E-state index >= 15 is 0 Å². The van der Waals surface area contributed by atoms with Gasteiger partial charge in [-0.3, -0.25) is 9.89 Å². The van der Waals surface area contributed by atoms with Crippen LogP contribution in [0.3, 0.4) is 0 Å². The maximum absolute atomic E-state index is 12.2. The van der Waals surface area contributed by atoms with Crippen molar-refractivity contribution >= 4 is 17.5 Å². The number of amides is 1. The molecule has 0 radical (unpaired) electrons. The first-order valence-corrected chi connectivity index (χ1v) is 6.67. The molecule has 2 aromatic heterocycles. The molecule has 0 aliphatic heterocycles. The summed E-state index contributed by atoms with van der Waals surface area (Å²) in [7, 11) is 0. The maximum atomic E-state index is 12.2. The van der Waals surface area contributed by atoms with Crippen LogP contribution < -0.4 is 5.32 Å². The Kier molecular flexibility index (Phi) is 3.06. The van der Waals surface area contributed by atoms with Crippen LogP contribution in [-0.4, -0.2) is 20.7 Å². The average molecular weight is 279 g/mol. The molecule has 0 spiro atoms. The van der Waals surface area contributed by atoms with Crippen LogP contribution in [0.25, 0.3) is 0 Å². The van der Waals surface area contributed by atoms with Crippen LogP contribution in [-0.2, 0) is 6.54 Å². The van der Waals surface area contributed by atoms with E-state index in [1.807, 2.05) is 17.7 Å². The molecule has 0 saturated heterocycles. The lowest BCUT2D eigenvalue weighted by Crippen LogP contribution is -2.25. The number of hydrogen-bond donors (Lipinski definition) is 2. The van der Waals surface area contributed by atoms with Gasteiger partial charge in [-0.1, -0.05) is 11.6 Å². The topological polar surface area (TPSA) is 62.7 Å². The van der Waals surface area contributed by atoms with Gasteiger partial charge < -0.3 is 9.88 Å². The number of rotatable bonds is 4. The molecule has 100 valence electrons. The number of carbonyl (C=O) groups excluding carboxylic acids is 1. The van der Waals surface area contributed by atoms with Gasteiger partial charge in [0.25, 0.3) is 5.91 Å². The van der Waals surface area contributed by atoms with Crippen molar-refractivity contribution in [3.8, 4) is 0 Å². The standard InChI is InChI=1S/C13H15ClN4O/c1-8-9(6-16-17-8)5-15-13(19)12-4-10(14)7-18(12)11-2-3-11/h4,6-7,11H,2-3,5H2,1H3,(H,15,19)(H,16,17). The Morgan fingerprint density at radius 2 is 2.42 bits per heavy atom. The number of carbonyl (C=O) groups is 1. The Hall–Kier alpha value is -1.75. The fraction of sp³-hybridized carbons (Fsp3) is 0.385. The molecule has 1 aliphatic rings. The molecule has 1 amide bonds. The predicted molar refractivity (Wildman–Crippen MR) is 72.2 cm³/mol. The molecule has 0 atom stereocenters. The van der Waals surface area contributed by atoms with Gasteiger partial charge in [0.15, 0.2) is 0 Å². The van der Waals surface area contributed by atoms with Crippen LogP contribution in [0.2, 0.25) is 5.02 Å². The number of aryl methyl sites for hydroxylation is 1. The highest BCUT2D eigenvalue weighted by Crippen LogP contribution is 2.37. The number of nitrogens with zero attached hydrogens (tertiary/aromatic N) is 2. The third-order valence-electron chi connectivity index (χ3n) is 3.36. The van der Waals surface area contributed by atoms with E-state index in [4.69, 9.17) is 11.6 Å². The summed E-state index contributed by atoms with van der Waals surface area (Å²) in [5.41, 5.74) is 2.59. The second kappa shape index (κ2) is 4.74. The van der Waals surface area contributed by atoms with E-state index in [2.05, 4.69) is 15.5 Å². The van der Waals surface area contributed by atoms with Gasteiger partial charge in [-0.05, 0) is 25.8 Å². The minimum Gasteiger partial charge on any atom is -0.347 e. The molecule has 1 fully saturated rings. The molecule has 0 bridgehead atoms. The number of aromatic nitrogens is 3. The number of hydrogen-bond acceptors (Lipinski definition) is 2. The van der Waals surface area contributed by atoms with E-state index in [0.717, 1.165) is 24.1 Å². The van der Waals surface area contributed by atoms with Crippen molar-refractivity contribution in [3.05, 3.63) is 40.4 Å². The molecule has 2 aromatic rings. The Morgan fingerprint density at radius 1 is 1.63 bits per heavy atom. The van der Waals surface area contributed by atoms with Crippen LogP contribution in [0.4, 0.5) is 0 Å². The summed E-state index contributed by atoms with van der Waals surface area (Å²) < 4.78 is 1.97. The van der Waals surface area contributed by atoms with Crippen LogP contribution in [0.5, 0.6) is 0 Å². The first-order chi connectivity index (χ1) is 9.15. The zero-order valence-electron chi connectivity index (χ0n) is 10.6. The third-order valence-corrected chi connectivity index (χ3v) is 3.57. The first kappa shape index (κ1) is 12.3. The molecule has 1 saturated carbocycles. The highest BCUT2D eigenvalue weighted by molar-refractivity contribution is 6.31. The zero-order chi connectivity index (χ0) is 13.4. The lowest BCUT2D eigenvalue weighted by molar-refractivity contribution is 0.0941. The van der Waals surface area contributed by atoms with Gasteiger partial charge in [0, 0.05) is 30.0 Å². The van der Waals surface area contributed by atoms with Crippen LogP contribution in [0.15, 0.2) is 18.5 Å². The van der Waals surface area contributed by atoms with Crippen molar-refractivity contribution in [1.82, 2.24) is 20.1 Å². The molecular formula is C13H15ClN4O. The molecular weight excluding hydrogens is 264 g/mol. The molecule has 5 nitrogen and oxygen atoms in total. The summed E-state index contributed by atoms with van der Waals surface area (Å²) in [5.74, 6) is -0.0978. The second-order valence-electron chi connectivity index (χ2n) is 4.88. The average Bonchev–Trinajstić information content (AvgIpc) is 3.04. The van der Waals surface area contributed by atoms with E-state index in [1.54, 1.807) is 12.3 Å².